The minimum atomic E-state index is 0.199. The normalized spacial score (nSPS) is 14.3. The van der Waals surface area contributed by atoms with Crippen LogP contribution in [0.3, 0.4) is 0 Å². The molecule has 1 aromatic rings. The minimum absolute atomic E-state index is 0.199. The highest BCUT2D eigenvalue weighted by molar-refractivity contribution is 14.1. The van der Waals surface area contributed by atoms with E-state index in [0.29, 0.717) is 9.80 Å². The molecule has 0 aliphatic rings. The van der Waals surface area contributed by atoms with E-state index in [0.717, 1.165) is 12.1 Å². The molecule has 0 saturated carbocycles. The summed E-state index contributed by atoms with van der Waals surface area (Å²) in [6.07, 6.45) is 1.23. The Bertz CT molecular complexity index is 288. The van der Waals surface area contributed by atoms with Crippen molar-refractivity contribution in [1.29, 1.82) is 0 Å². The first-order valence-electron chi connectivity index (χ1n) is 4.65. The molecular weight excluding hydrogens is 289 g/mol. The number of aromatic nitrogens is 1. The highest BCUT2D eigenvalue weighted by Gasteiger charge is 2.07. The van der Waals surface area contributed by atoms with E-state index < -0.39 is 0 Å². The first-order chi connectivity index (χ1) is 6.58. The second-order valence-corrected chi connectivity index (χ2v) is 5.52. The molecule has 0 spiro atoms. The van der Waals surface area contributed by atoms with Crippen molar-refractivity contribution in [3.63, 3.8) is 0 Å². The Balaban J connectivity index is 2.51. The molecule has 0 bridgehead atoms. The van der Waals surface area contributed by atoms with E-state index in [1.165, 1.54) is 0 Å². The summed E-state index contributed by atoms with van der Waals surface area (Å²) in [7, 11) is 0. The first-order valence-corrected chi connectivity index (χ1v) is 5.90. The summed E-state index contributed by atoms with van der Waals surface area (Å²) < 4.78 is 6.25. The predicted octanol–water partition coefficient (Wildman–Crippen LogP) is 2.97. The molecule has 0 unspecified atom stereocenters. The lowest BCUT2D eigenvalue weighted by Crippen LogP contribution is -2.16. The summed E-state index contributed by atoms with van der Waals surface area (Å²) in [6.45, 7) is 6.11. The second-order valence-electron chi connectivity index (χ2n) is 3.39. The molecule has 0 aliphatic carbocycles. The Kier molecular flexibility index (Phi) is 4.46. The number of nitrogens with zero attached hydrogens (tertiary/aromatic N) is 1. The second kappa shape index (κ2) is 5.40. The van der Waals surface area contributed by atoms with Gasteiger partial charge in [0, 0.05) is 3.92 Å². The standard InChI is InChI=1S/C11H14INO/c1-8(12)7-10(3)14-11-6-4-5-9(2)13-11/h6,8,10H,7H2,1-3H3/t8-,10+/m1/s1. The molecule has 3 heteroatoms. The van der Waals surface area contributed by atoms with Gasteiger partial charge in [0.15, 0.2) is 0 Å². The number of rotatable bonds is 4. The van der Waals surface area contributed by atoms with Crippen LogP contribution in [0, 0.1) is 19.1 Å². The quantitative estimate of drug-likeness (QED) is 0.630. The summed E-state index contributed by atoms with van der Waals surface area (Å²) in [6, 6.07) is 7.47. The van der Waals surface area contributed by atoms with Crippen molar-refractivity contribution in [2.45, 2.75) is 37.2 Å². The van der Waals surface area contributed by atoms with Crippen molar-refractivity contribution in [2.24, 2.45) is 0 Å². The highest BCUT2D eigenvalue weighted by Crippen LogP contribution is 2.13. The van der Waals surface area contributed by atoms with Crippen molar-refractivity contribution in [2.75, 3.05) is 0 Å². The van der Waals surface area contributed by atoms with Crippen LogP contribution < -0.4 is 4.74 Å². The van der Waals surface area contributed by atoms with Gasteiger partial charge in [0.2, 0.25) is 5.88 Å². The third-order valence-corrected chi connectivity index (χ3v) is 2.21. The Hall–Kier alpha value is -0.500. The summed E-state index contributed by atoms with van der Waals surface area (Å²) in [5.74, 6) is 0.644. The van der Waals surface area contributed by atoms with E-state index in [-0.39, 0.29) is 6.10 Å². The molecular formula is C11H14INO. The molecule has 2 atom stereocenters. The van der Waals surface area contributed by atoms with E-state index in [1.807, 2.05) is 6.92 Å². The van der Waals surface area contributed by atoms with Crippen LogP contribution in [-0.2, 0) is 0 Å². The molecule has 0 fully saturated rings. The van der Waals surface area contributed by atoms with Gasteiger partial charge in [-0.3, -0.25) is 0 Å². The van der Waals surface area contributed by atoms with Crippen molar-refractivity contribution < 1.29 is 4.74 Å². The Morgan fingerprint density at radius 1 is 1.57 bits per heavy atom. The van der Waals surface area contributed by atoms with Crippen LogP contribution in [0.2, 0.25) is 0 Å². The molecule has 0 N–H and O–H groups in total. The van der Waals surface area contributed by atoms with Gasteiger partial charge >= 0.3 is 0 Å². The van der Waals surface area contributed by atoms with E-state index >= 15 is 0 Å². The third kappa shape index (κ3) is 4.14. The van der Waals surface area contributed by atoms with E-state index in [9.17, 15) is 0 Å². The molecule has 2 nitrogen and oxygen atoms in total. The molecule has 14 heavy (non-hydrogen) atoms. The van der Waals surface area contributed by atoms with Crippen LogP contribution in [0.1, 0.15) is 26.0 Å². The largest absolute Gasteiger partial charge is 0.474 e. The molecule has 0 saturated heterocycles. The van der Waals surface area contributed by atoms with Crippen molar-refractivity contribution in [3.8, 4) is 5.88 Å². The van der Waals surface area contributed by atoms with Gasteiger partial charge in [-0.15, -0.1) is 0 Å². The maximum absolute atomic E-state index is 5.64. The summed E-state index contributed by atoms with van der Waals surface area (Å²) in [5, 5.41) is 0. The smallest absolute Gasteiger partial charge is 0.223 e. The van der Waals surface area contributed by atoms with Gasteiger partial charge in [-0.2, -0.15) is 0 Å². The monoisotopic (exact) mass is 303 g/mol. The van der Waals surface area contributed by atoms with Gasteiger partial charge < -0.3 is 4.74 Å². The van der Waals surface area contributed by atoms with Crippen LogP contribution in [0.15, 0.2) is 6.07 Å². The molecule has 0 amide bonds. The van der Waals surface area contributed by atoms with Gasteiger partial charge in [0.05, 0.1) is 17.9 Å². The zero-order valence-electron chi connectivity index (χ0n) is 8.67. The molecule has 0 radical (unpaired) electrons. The molecule has 1 heterocycles. The van der Waals surface area contributed by atoms with Gasteiger partial charge in [0.1, 0.15) is 0 Å². The number of aryl methyl sites for hydroxylation is 1. The van der Waals surface area contributed by atoms with Crippen LogP contribution in [0.25, 0.3) is 0 Å². The fourth-order valence-corrected chi connectivity index (χ4v) is 1.92. The van der Waals surface area contributed by atoms with Gasteiger partial charge in [0.25, 0.3) is 0 Å². The Morgan fingerprint density at radius 2 is 2.29 bits per heavy atom. The van der Waals surface area contributed by atoms with E-state index in [2.05, 4.69) is 53.6 Å². The SMILES string of the molecule is Cc1c#ccc(O[C@@H](C)C[C@@H](C)I)n1. The maximum Gasteiger partial charge on any atom is 0.223 e. The van der Waals surface area contributed by atoms with Gasteiger partial charge in [-0.25, -0.2) is 4.98 Å². The minimum Gasteiger partial charge on any atom is -0.474 e. The maximum atomic E-state index is 5.64. The van der Waals surface area contributed by atoms with E-state index in [4.69, 9.17) is 4.74 Å². The number of hydrogen-bond donors (Lipinski definition) is 0. The average Bonchev–Trinajstić information content (AvgIpc) is 2.01. The molecule has 76 valence electrons. The van der Waals surface area contributed by atoms with Crippen LogP contribution in [-0.4, -0.2) is 15.0 Å². The fourth-order valence-electron chi connectivity index (χ4n) is 1.20. The molecule has 1 aromatic heterocycles. The molecule has 0 aliphatic heterocycles. The van der Waals surface area contributed by atoms with Gasteiger partial charge in [-0.1, -0.05) is 35.6 Å². The fraction of sp³-hybridized carbons (Fsp3) is 0.545. The number of alkyl halides is 1. The number of ether oxygens (including phenoxy) is 1. The lowest BCUT2D eigenvalue weighted by molar-refractivity contribution is 0.204. The summed E-state index contributed by atoms with van der Waals surface area (Å²) >= 11 is 2.39. The molecule has 1 rings (SSSR count). The van der Waals surface area contributed by atoms with E-state index in [1.54, 1.807) is 6.07 Å². The molecule has 0 aromatic carbocycles. The number of halogens is 1. The summed E-state index contributed by atoms with van der Waals surface area (Å²) in [4.78, 5) is 4.21. The van der Waals surface area contributed by atoms with Crippen molar-refractivity contribution >= 4 is 22.6 Å². The first kappa shape index (κ1) is 11.6. The van der Waals surface area contributed by atoms with Crippen molar-refractivity contribution in [3.05, 3.63) is 23.9 Å². The Labute approximate surface area is 99.2 Å². The van der Waals surface area contributed by atoms with Crippen LogP contribution in [0.4, 0.5) is 0 Å². The number of hydrogen-bond acceptors (Lipinski definition) is 2. The third-order valence-electron chi connectivity index (χ3n) is 1.71. The zero-order chi connectivity index (χ0) is 10.6. The lowest BCUT2D eigenvalue weighted by atomic mass is 10.2. The predicted molar refractivity (Wildman–Crippen MR) is 64.8 cm³/mol. The van der Waals surface area contributed by atoms with Crippen LogP contribution in [0.5, 0.6) is 5.88 Å². The van der Waals surface area contributed by atoms with Crippen molar-refractivity contribution in [1.82, 2.24) is 4.98 Å². The zero-order valence-corrected chi connectivity index (χ0v) is 10.8. The average molecular weight is 303 g/mol. The lowest BCUT2D eigenvalue weighted by Gasteiger charge is -2.14. The van der Waals surface area contributed by atoms with Gasteiger partial charge in [-0.05, 0) is 26.3 Å². The van der Waals surface area contributed by atoms with Crippen LogP contribution >= 0.6 is 22.6 Å². The Morgan fingerprint density at radius 3 is 2.86 bits per heavy atom. The summed E-state index contributed by atoms with van der Waals surface area (Å²) in [5.41, 5.74) is 0.817. The highest BCUT2D eigenvalue weighted by atomic mass is 127. The topological polar surface area (TPSA) is 22.1 Å².